The number of halogens is 3. The molecule has 0 radical (unpaired) electrons. The first kappa shape index (κ1) is 14.5. The zero-order valence-electron chi connectivity index (χ0n) is 10.2. The third-order valence-electron chi connectivity index (χ3n) is 2.49. The summed E-state index contributed by atoms with van der Waals surface area (Å²) in [6.07, 6.45) is 0. The number of rotatable bonds is 4. The summed E-state index contributed by atoms with van der Waals surface area (Å²) in [7, 11) is 1.88. The van der Waals surface area contributed by atoms with Crippen LogP contribution in [0.5, 0.6) is 11.5 Å². The molecule has 0 atom stereocenters. The van der Waals surface area contributed by atoms with E-state index in [1.165, 1.54) is 6.07 Å². The topological polar surface area (TPSA) is 21.3 Å². The van der Waals surface area contributed by atoms with Crippen LogP contribution in [0.15, 0.2) is 45.3 Å². The van der Waals surface area contributed by atoms with E-state index in [-0.39, 0.29) is 5.75 Å². The van der Waals surface area contributed by atoms with Gasteiger partial charge in [0.2, 0.25) is 0 Å². The maximum Gasteiger partial charge on any atom is 0.165 e. The Labute approximate surface area is 128 Å². The van der Waals surface area contributed by atoms with Crippen molar-refractivity contribution in [3.8, 4) is 11.5 Å². The van der Waals surface area contributed by atoms with Crippen molar-refractivity contribution in [3.63, 3.8) is 0 Å². The standard InChI is InChI=1S/C14H12Br2FNO/c1-18-8-9-2-5-13(11(16)6-9)19-14-7-10(15)3-4-12(14)17/h2-7,18H,8H2,1H3. The number of nitrogens with one attached hydrogen (secondary N) is 1. The van der Waals surface area contributed by atoms with Gasteiger partial charge in [-0.2, -0.15) is 0 Å². The quantitative estimate of drug-likeness (QED) is 0.807. The second-order valence-electron chi connectivity index (χ2n) is 3.97. The fraction of sp³-hybridized carbons (Fsp3) is 0.143. The van der Waals surface area contributed by atoms with Crippen LogP contribution in [0.3, 0.4) is 0 Å². The minimum absolute atomic E-state index is 0.191. The lowest BCUT2D eigenvalue weighted by Crippen LogP contribution is -2.04. The normalized spacial score (nSPS) is 10.5. The molecule has 0 saturated carbocycles. The van der Waals surface area contributed by atoms with Crippen molar-refractivity contribution in [2.45, 2.75) is 6.54 Å². The van der Waals surface area contributed by atoms with Gasteiger partial charge in [0.15, 0.2) is 11.6 Å². The molecule has 0 heterocycles. The molecule has 0 aliphatic carbocycles. The number of hydrogen-bond donors (Lipinski definition) is 1. The summed E-state index contributed by atoms with van der Waals surface area (Å²) in [6, 6.07) is 10.3. The van der Waals surface area contributed by atoms with Crippen LogP contribution < -0.4 is 10.1 Å². The molecule has 2 rings (SSSR count). The van der Waals surface area contributed by atoms with Crippen LogP contribution in [-0.4, -0.2) is 7.05 Å². The highest BCUT2D eigenvalue weighted by atomic mass is 79.9. The molecule has 0 aromatic heterocycles. The average molecular weight is 389 g/mol. The Hall–Kier alpha value is -0.910. The molecule has 0 fully saturated rings. The maximum absolute atomic E-state index is 13.6. The van der Waals surface area contributed by atoms with Crippen molar-refractivity contribution in [3.05, 3.63) is 56.7 Å². The molecule has 19 heavy (non-hydrogen) atoms. The summed E-state index contributed by atoms with van der Waals surface area (Å²) in [4.78, 5) is 0. The summed E-state index contributed by atoms with van der Waals surface area (Å²) in [5.41, 5.74) is 1.12. The van der Waals surface area contributed by atoms with E-state index in [1.807, 2.05) is 25.2 Å². The van der Waals surface area contributed by atoms with Gasteiger partial charge in [-0.05, 0) is 58.9 Å². The minimum atomic E-state index is -0.394. The van der Waals surface area contributed by atoms with Gasteiger partial charge in [-0.1, -0.05) is 22.0 Å². The number of ether oxygens (including phenoxy) is 1. The molecule has 0 bridgehead atoms. The largest absolute Gasteiger partial charge is 0.453 e. The van der Waals surface area contributed by atoms with Crippen LogP contribution in [0.2, 0.25) is 0 Å². The van der Waals surface area contributed by atoms with Gasteiger partial charge in [0.05, 0.1) is 4.47 Å². The van der Waals surface area contributed by atoms with Crippen molar-refractivity contribution in [1.29, 1.82) is 0 Å². The van der Waals surface area contributed by atoms with Gasteiger partial charge >= 0.3 is 0 Å². The summed E-state index contributed by atoms with van der Waals surface area (Å²) < 4.78 is 20.8. The molecule has 1 N–H and O–H groups in total. The lowest BCUT2D eigenvalue weighted by Gasteiger charge is -2.10. The van der Waals surface area contributed by atoms with Gasteiger partial charge < -0.3 is 10.1 Å². The van der Waals surface area contributed by atoms with Gasteiger partial charge in [0.1, 0.15) is 5.75 Å². The first-order chi connectivity index (χ1) is 9.10. The summed E-state index contributed by atoms with van der Waals surface area (Å²) in [5.74, 6) is 0.377. The van der Waals surface area contributed by atoms with Crippen molar-refractivity contribution in [2.75, 3.05) is 7.05 Å². The predicted octanol–water partition coefficient (Wildman–Crippen LogP) is 4.86. The van der Waals surface area contributed by atoms with Crippen LogP contribution in [0, 0.1) is 5.82 Å². The highest BCUT2D eigenvalue weighted by Gasteiger charge is 2.08. The van der Waals surface area contributed by atoms with Crippen LogP contribution in [-0.2, 0) is 6.54 Å². The fourth-order valence-corrected chi connectivity index (χ4v) is 2.46. The Morgan fingerprint density at radius 1 is 1.11 bits per heavy atom. The van der Waals surface area contributed by atoms with E-state index in [0.29, 0.717) is 5.75 Å². The first-order valence-electron chi connectivity index (χ1n) is 5.66. The Balaban J connectivity index is 2.25. The molecule has 5 heteroatoms. The molecule has 2 nitrogen and oxygen atoms in total. The van der Waals surface area contributed by atoms with Crippen molar-refractivity contribution >= 4 is 31.9 Å². The van der Waals surface area contributed by atoms with E-state index < -0.39 is 5.82 Å². The molecule has 0 saturated heterocycles. The molecule has 0 aliphatic rings. The average Bonchev–Trinajstić information content (AvgIpc) is 2.37. The van der Waals surface area contributed by atoms with E-state index in [1.54, 1.807) is 12.1 Å². The molecule has 0 unspecified atom stereocenters. The number of benzene rings is 2. The Morgan fingerprint density at radius 3 is 2.58 bits per heavy atom. The number of hydrogen-bond acceptors (Lipinski definition) is 2. The zero-order valence-corrected chi connectivity index (χ0v) is 13.4. The molecule has 0 amide bonds. The molecular formula is C14H12Br2FNO. The summed E-state index contributed by atoms with van der Waals surface area (Å²) in [6.45, 7) is 0.768. The minimum Gasteiger partial charge on any atom is -0.453 e. The summed E-state index contributed by atoms with van der Waals surface area (Å²) >= 11 is 6.72. The third-order valence-corrected chi connectivity index (χ3v) is 3.60. The second kappa shape index (κ2) is 6.50. The van der Waals surface area contributed by atoms with Gasteiger partial charge in [0.25, 0.3) is 0 Å². The van der Waals surface area contributed by atoms with E-state index in [9.17, 15) is 4.39 Å². The smallest absolute Gasteiger partial charge is 0.165 e. The second-order valence-corrected chi connectivity index (χ2v) is 5.74. The molecule has 2 aromatic carbocycles. The van der Waals surface area contributed by atoms with Crippen LogP contribution in [0.4, 0.5) is 4.39 Å². The van der Waals surface area contributed by atoms with Gasteiger partial charge in [-0.3, -0.25) is 0 Å². The Morgan fingerprint density at radius 2 is 1.89 bits per heavy atom. The Kier molecular flexibility index (Phi) is 4.96. The highest BCUT2D eigenvalue weighted by Crippen LogP contribution is 2.33. The SMILES string of the molecule is CNCc1ccc(Oc2cc(Br)ccc2F)c(Br)c1. The highest BCUT2D eigenvalue weighted by molar-refractivity contribution is 9.10. The molecular weight excluding hydrogens is 377 g/mol. The summed E-state index contributed by atoms with van der Waals surface area (Å²) in [5, 5.41) is 3.07. The van der Waals surface area contributed by atoms with E-state index in [2.05, 4.69) is 37.2 Å². The van der Waals surface area contributed by atoms with Gasteiger partial charge in [-0.25, -0.2) is 4.39 Å². The monoisotopic (exact) mass is 387 g/mol. The fourth-order valence-electron chi connectivity index (χ4n) is 1.62. The molecule has 100 valence electrons. The first-order valence-corrected chi connectivity index (χ1v) is 7.24. The van der Waals surface area contributed by atoms with Crippen LogP contribution >= 0.6 is 31.9 Å². The maximum atomic E-state index is 13.6. The third kappa shape index (κ3) is 3.78. The lowest BCUT2D eigenvalue weighted by molar-refractivity contribution is 0.439. The van der Waals surface area contributed by atoms with E-state index in [4.69, 9.17) is 4.74 Å². The molecule has 2 aromatic rings. The van der Waals surface area contributed by atoms with Crippen molar-refractivity contribution in [2.24, 2.45) is 0 Å². The van der Waals surface area contributed by atoms with Crippen LogP contribution in [0.1, 0.15) is 5.56 Å². The van der Waals surface area contributed by atoms with Crippen LogP contribution in [0.25, 0.3) is 0 Å². The molecule has 0 aliphatic heterocycles. The van der Waals surface area contributed by atoms with Crippen molar-refractivity contribution < 1.29 is 9.13 Å². The van der Waals surface area contributed by atoms with Crippen molar-refractivity contribution in [1.82, 2.24) is 5.32 Å². The zero-order chi connectivity index (χ0) is 13.8. The lowest BCUT2D eigenvalue weighted by atomic mass is 10.2. The van der Waals surface area contributed by atoms with Gasteiger partial charge in [0, 0.05) is 11.0 Å². The van der Waals surface area contributed by atoms with E-state index in [0.717, 1.165) is 21.1 Å². The predicted molar refractivity (Wildman–Crippen MR) is 81.1 cm³/mol. The van der Waals surface area contributed by atoms with Gasteiger partial charge in [-0.15, -0.1) is 0 Å². The van der Waals surface area contributed by atoms with E-state index >= 15 is 0 Å². The Bertz CT molecular complexity index is 590. The molecule has 0 spiro atoms.